The van der Waals surface area contributed by atoms with Gasteiger partial charge in [0.15, 0.2) is 0 Å². The van der Waals surface area contributed by atoms with E-state index in [0.29, 0.717) is 13.0 Å². The molecule has 0 fully saturated rings. The number of pyridine rings is 1. The third-order valence-corrected chi connectivity index (χ3v) is 3.12. The smallest absolute Gasteiger partial charge is 0.223 e. The van der Waals surface area contributed by atoms with Crippen LogP contribution in [-0.4, -0.2) is 34.3 Å². The number of carbonyl (C=O) groups is 1. The molecule has 0 aliphatic carbocycles. The van der Waals surface area contributed by atoms with Crippen molar-refractivity contribution < 1.29 is 4.79 Å². The molecule has 3 nitrogen and oxygen atoms in total. The molecule has 0 aliphatic heterocycles. The van der Waals surface area contributed by atoms with Gasteiger partial charge in [-0.05, 0) is 17.9 Å². The molecule has 0 saturated carbocycles. The summed E-state index contributed by atoms with van der Waals surface area (Å²) in [6.45, 7) is 2.70. The van der Waals surface area contributed by atoms with Crippen molar-refractivity contribution in [1.82, 2.24) is 9.88 Å². The lowest BCUT2D eigenvalue weighted by molar-refractivity contribution is -0.130. The molecule has 0 saturated heterocycles. The molecule has 4 heteroatoms. The van der Waals surface area contributed by atoms with Crippen molar-refractivity contribution >= 4 is 17.7 Å². The molecule has 0 unspecified atom stereocenters. The second kappa shape index (κ2) is 7.28. The third-order valence-electron chi connectivity index (χ3n) is 2.22. The maximum atomic E-state index is 11.7. The number of aromatic nitrogens is 1. The number of nitrogens with zero attached hydrogens (tertiary/aromatic N) is 2. The fraction of sp³-hybridized carbons (Fsp3) is 0.500. The van der Waals surface area contributed by atoms with E-state index in [1.54, 1.807) is 22.9 Å². The van der Waals surface area contributed by atoms with Gasteiger partial charge in [0.25, 0.3) is 0 Å². The van der Waals surface area contributed by atoms with Gasteiger partial charge in [0.2, 0.25) is 5.91 Å². The number of hydrogen-bond donors (Lipinski definition) is 0. The van der Waals surface area contributed by atoms with Crippen molar-refractivity contribution in [3.05, 3.63) is 30.1 Å². The van der Waals surface area contributed by atoms with Crippen LogP contribution in [0.4, 0.5) is 0 Å². The lowest BCUT2D eigenvalue weighted by Crippen LogP contribution is -2.26. The van der Waals surface area contributed by atoms with Gasteiger partial charge in [0.05, 0.1) is 12.2 Å². The van der Waals surface area contributed by atoms with E-state index >= 15 is 0 Å². The summed E-state index contributed by atoms with van der Waals surface area (Å²) in [6, 6.07) is 5.75. The molecular formula is C12H18N2OS. The van der Waals surface area contributed by atoms with Gasteiger partial charge in [0, 0.05) is 25.4 Å². The fourth-order valence-corrected chi connectivity index (χ4v) is 1.93. The minimum Gasteiger partial charge on any atom is -0.340 e. The van der Waals surface area contributed by atoms with Crippen molar-refractivity contribution in [2.45, 2.75) is 19.9 Å². The predicted octanol–water partition coefficient (Wildman–Crippen LogP) is 2.18. The maximum absolute atomic E-state index is 11.7. The van der Waals surface area contributed by atoms with Gasteiger partial charge >= 0.3 is 0 Å². The number of thioether (sulfide) groups is 1. The van der Waals surface area contributed by atoms with Gasteiger partial charge in [-0.3, -0.25) is 9.78 Å². The minimum atomic E-state index is 0.187. The molecule has 0 bridgehead atoms. The molecular weight excluding hydrogens is 220 g/mol. The summed E-state index contributed by atoms with van der Waals surface area (Å²) in [4.78, 5) is 17.6. The van der Waals surface area contributed by atoms with E-state index < -0.39 is 0 Å². The largest absolute Gasteiger partial charge is 0.340 e. The molecule has 0 atom stereocenters. The van der Waals surface area contributed by atoms with E-state index in [2.05, 4.69) is 11.9 Å². The Labute approximate surface area is 101 Å². The average Bonchev–Trinajstić information content (AvgIpc) is 2.30. The number of hydrogen-bond acceptors (Lipinski definition) is 3. The van der Waals surface area contributed by atoms with Crippen LogP contribution in [0.1, 0.15) is 19.0 Å². The van der Waals surface area contributed by atoms with Gasteiger partial charge in [-0.25, -0.2) is 0 Å². The van der Waals surface area contributed by atoms with E-state index in [4.69, 9.17) is 0 Å². The highest BCUT2D eigenvalue weighted by Crippen LogP contribution is 2.05. The minimum absolute atomic E-state index is 0.187. The molecule has 1 aromatic heterocycles. The highest BCUT2D eigenvalue weighted by atomic mass is 32.2. The van der Waals surface area contributed by atoms with E-state index in [0.717, 1.165) is 17.2 Å². The van der Waals surface area contributed by atoms with Crippen LogP contribution in [0.15, 0.2) is 24.4 Å². The second-order valence-electron chi connectivity index (χ2n) is 3.52. The lowest BCUT2D eigenvalue weighted by Gasteiger charge is -2.16. The molecule has 88 valence electrons. The Hall–Kier alpha value is -1.03. The third kappa shape index (κ3) is 4.66. The van der Waals surface area contributed by atoms with E-state index in [-0.39, 0.29) is 5.91 Å². The molecule has 1 amide bonds. The van der Waals surface area contributed by atoms with Crippen LogP contribution in [0.5, 0.6) is 0 Å². The molecule has 16 heavy (non-hydrogen) atoms. The molecule has 0 N–H and O–H groups in total. The summed E-state index contributed by atoms with van der Waals surface area (Å²) < 4.78 is 0. The summed E-state index contributed by atoms with van der Waals surface area (Å²) >= 11 is 1.80. The van der Waals surface area contributed by atoms with Crippen molar-refractivity contribution in [3.8, 4) is 0 Å². The SMILES string of the molecule is CCSCCC(=O)N(C)Cc1ccccn1. The van der Waals surface area contributed by atoms with Gasteiger partial charge in [-0.2, -0.15) is 11.8 Å². The fourth-order valence-electron chi connectivity index (χ4n) is 1.32. The molecule has 1 rings (SSSR count). The number of carbonyl (C=O) groups excluding carboxylic acids is 1. The van der Waals surface area contributed by atoms with E-state index in [1.165, 1.54) is 0 Å². The molecule has 0 aromatic carbocycles. The van der Waals surface area contributed by atoms with Crippen LogP contribution in [0.2, 0.25) is 0 Å². The standard InChI is InChI=1S/C12H18N2OS/c1-3-16-9-7-12(15)14(2)10-11-6-4-5-8-13-11/h4-6,8H,3,7,9-10H2,1-2H3. The van der Waals surface area contributed by atoms with Crippen LogP contribution in [0.25, 0.3) is 0 Å². The summed E-state index contributed by atoms with van der Waals surface area (Å²) in [5.74, 6) is 2.16. The first-order valence-corrected chi connectivity index (χ1v) is 6.61. The zero-order valence-electron chi connectivity index (χ0n) is 9.85. The van der Waals surface area contributed by atoms with Crippen LogP contribution >= 0.6 is 11.8 Å². The first-order chi connectivity index (χ1) is 7.74. The molecule has 0 spiro atoms. The summed E-state index contributed by atoms with van der Waals surface area (Å²) in [7, 11) is 1.83. The van der Waals surface area contributed by atoms with Crippen molar-refractivity contribution in [2.24, 2.45) is 0 Å². The van der Waals surface area contributed by atoms with Crippen LogP contribution in [0, 0.1) is 0 Å². The maximum Gasteiger partial charge on any atom is 0.223 e. The first-order valence-electron chi connectivity index (χ1n) is 5.45. The van der Waals surface area contributed by atoms with Gasteiger partial charge < -0.3 is 4.90 Å². The van der Waals surface area contributed by atoms with Gasteiger partial charge in [-0.15, -0.1) is 0 Å². The topological polar surface area (TPSA) is 33.2 Å². The van der Waals surface area contributed by atoms with Crippen LogP contribution < -0.4 is 0 Å². The van der Waals surface area contributed by atoms with Crippen molar-refractivity contribution in [2.75, 3.05) is 18.6 Å². The number of amides is 1. The Morgan fingerprint density at radius 2 is 2.31 bits per heavy atom. The second-order valence-corrected chi connectivity index (χ2v) is 4.91. The van der Waals surface area contributed by atoms with Crippen molar-refractivity contribution in [3.63, 3.8) is 0 Å². The van der Waals surface area contributed by atoms with Crippen molar-refractivity contribution in [1.29, 1.82) is 0 Å². The normalized spacial score (nSPS) is 10.1. The van der Waals surface area contributed by atoms with Gasteiger partial charge in [-0.1, -0.05) is 13.0 Å². The average molecular weight is 238 g/mol. The Morgan fingerprint density at radius 1 is 1.50 bits per heavy atom. The zero-order chi connectivity index (χ0) is 11.8. The van der Waals surface area contributed by atoms with E-state index in [9.17, 15) is 4.79 Å². The molecule has 1 aromatic rings. The van der Waals surface area contributed by atoms with Crippen LogP contribution in [-0.2, 0) is 11.3 Å². The first kappa shape index (κ1) is 13.0. The van der Waals surface area contributed by atoms with Gasteiger partial charge in [0.1, 0.15) is 0 Å². The quantitative estimate of drug-likeness (QED) is 0.712. The predicted molar refractivity (Wildman–Crippen MR) is 68.3 cm³/mol. The molecule has 0 aliphatic rings. The lowest BCUT2D eigenvalue weighted by atomic mass is 10.3. The zero-order valence-corrected chi connectivity index (χ0v) is 10.7. The molecule has 0 radical (unpaired) electrons. The Bertz CT molecular complexity index is 316. The summed E-state index contributed by atoms with van der Waals surface area (Å²) in [6.07, 6.45) is 2.36. The van der Waals surface area contributed by atoms with Crippen LogP contribution in [0.3, 0.4) is 0 Å². The summed E-state index contributed by atoms with van der Waals surface area (Å²) in [5, 5.41) is 0. The Kier molecular flexibility index (Phi) is 5.93. The monoisotopic (exact) mass is 238 g/mol. The Balaban J connectivity index is 2.34. The highest BCUT2D eigenvalue weighted by Gasteiger charge is 2.08. The molecule has 1 heterocycles. The summed E-state index contributed by atoms with van der Waals surface area (Å²) in [5.41, 5.74) is 0.932. The highest BCUT2D eigenvalue weighted by molar-refractivity contribution is 7.99. The Morgan fingerprint density at radius 3 is 2.94 bits per heavy atom. The number of rotatable bonds is 6. The van der Waals surface area contributed by atoms with E-state index in [1.807, 2.05) is 25.2 Å².